The van der Waals surface area contributed by atoms with Gasteiger partial charge in [-0.1, -0.05) is 0 Å². The molecule has 4 rings (SSSR count). The van der Waals surface area contributed by atoms with Gasteiger partial charge in [0.1, 0.15) is 5.82 Å². The number of H-pyrrole nitrogens is 1. The van der Waals surface area contributed by atoms with Gasteiger partial charge in [0.2, 0.25) is 0 Å². The molecule has 2 aromatic heterocycles. The minimum atomic E-state index is -2.80. The van der Waals surface area contributed by atoms with Gasteiger partial charge in [-0.2, -0.15) is 0 Å². The number of halogens is 2. The summed E-state index contributed by atoms with van der Waals surface area (Å²) < 4.78 is 38.5. The zero-order valence-corrected chi connectivity index (χ0v) is 17.5. The van der Waals surface area contributed by atoms with Crippen LogP contribution in [0, 0.1) is 10.8 Å². The van der Waals surface area contributed by atoms with E-state index in [9.17, 15) is 13.0 Å². The van der Waals surface area contributed by atoms with Crippen molar-refractivity contribution in [2.45, 2.75) is 19.3 Å². The first kappa shape index (κ1) is 20.8. The fourth-order valence-corrected chi connectivity index (χ4v) is 5.04. The summed E-state index contributed by atoms with van der Waals surface area (Å²) in [5, 5.41) is 7.18. The van der Waals surface area contributed by atoms with Crippen LogP contribution in [-0.2, 0) is 11.0 Å². The molecule has 0 aliphatic carbocycles. The van der Waals surface area contributed by atoms with Crippen LogP contribution in [0.3, 0.4) is 0 Å². The number of aromatic amines is 1. The molecule has 10 heteroatoms. The normalized spacial score (nSPS) is 20.1. The molecule has 2 saturated heterocycles. The molecule has 0 aromatic carbocycles. The minimum absolute atomic E-state index is 0.195. The van der Waals surface area contributed by atoms with Crippen molar-refractivity contribution >= 4 is 28.5 Å². The maximum atomic E-state index is 12.4. The number of hydrogen-bond acceptors (Lipinski definition) is 5. The van der Waals surface area contributed by atoms with Gasteiger partial charge in [-0.25, -0.2) is 22.3 Å². The second-order valence-corrected chi connectivity index (χ2v) is 9.31. The van der Waals surface area contributed by atoms with Gasteiger partial charge in [-0.05, 0) is 31.1 Å². The standard InChI is InChI=1S/C20H24F2N6OS/c1-30(29)28-12-20(13-28)5-2-6-27(11-20)15-7-14(8-24-9-15)17-10-25-18(26-17)4-3-16(23)19(21)22/h3-4,7-10,19,23H,2,5-6,11-13H2,1H3,(H,25,26)/b4-3-,23-16?. The Bertz CT molecular complexity index is 985. The van der Waals surface area contributed by atoms with Crippen molar-refractivity contribution in [3.8, 4) is 11.3 Å². The minimum Gasteiger partial charge on any atom is -0.370 e. The molecule has 4 heterocycles. The average molecular weight is 435 g/mol. The second-order valence-electron chi connectivity index (χ2n) is 7.95. The van der Waals surface area contributed by atoms with E-state index in [1.54, 1.807) is 18.6 Å². The van der Waals surface area contributed by atoms with Crippen LogP contribution in [0.5, 0.6) is 0 Å². The predicted molar refractivity (Wildman–Crippen MR) is 114 cm³/mol. The van der Waals surface area contributed by atoms with Crippen LogP contribution in [0.15, 0.2) is 30.7 Å². The van der Waals surface area contributed by atoms with E-state index in [4.69, 9.17) is 5.41 Å². The molecule has 0 saturated carbocycles. The predicted octanol–water partition coefficient (Wildman–Crippen LogP) is 2.97. The van der Waals surface area contributed by atoms with Gasteiger partial charge >= 0.3 is 0 Å². The van der Waals surface area contributed by atoms with Gasteiger partial charge in [0, 0.05) is 49.6 Å². The first-order valence-corrected chi connectivity index (χ1v) is 11.3. The molecule has 2 fully saturated rings. The Morgan fingerprint density at radius 3 is 2.87 bits per heavy atom. The Balaban J connectivity index is 1.47. The number of aromatic nitrogens is 3. The van der Waals surface area contributed by atoms with E-state index >= 15 is 0 Å². The van der Waals surface area contributed by atoms with Gasteiger partial charge in [0.25, 0.3) is 6.43 Å². The number of hydrogen-bond donors (Lipinski definition) is 2. The van der Waals surface area contributed by atoms with Crippen LogP contribution in [0.1, 0.15) is 18.7 Å². The quantitative estimate of drug-likeness (QED) is 0.684. The number of piperidine rings is 1. The Labute approximate surface area is 176 Å². The number of alkyl halides is 2. The van der Waals surface area contributed by atoms with Gasteiger partial charge in [-0.3, -0.25) is 10.4 Å². The summed E-state index contributed by atoms with van der Waals surface area (Å²) in [5.74, 6) is 0.403. The molecule has 2 aliphatic heterocycles. The average Bonchev–Trinajstić information content (AvgIpc) is 3.19. The first-order valence-electron chi connectivity index (χ1n) is 9.74. The van der Waals surface area contributed by atoms with Crippen molar-refractivity contribution in [3.63, 3.8) is 0 Å². The molecule has 7 nitrogen and oxygen atoms in total. The molecule has 0 amide bonds. The third-order valence-corrected chi connectivity index (χ3v) is 6.69. The van der Waals surface area contributed by atoms with E-state index in [1.807, 2.05) is 16.6 Å². The number of pyridine rings is 1. The van der Waals surface area contributed by atoms with E-state index in [0.29, 0.717) is 5.82 Å². The van der Waals surface area contributed by atoms with Crippen LogP contribution in [0.25, 0.3) is 17.3 Å². The Kier molecular flexibility index (Phi) is 5.79. The zero-order valence-electron chi connectivity index (χ0n) is 16.6. The summed E-state index contributed by atoms with van der Waals surface area (Å²) in [7, 11) is -0.910. The molecule has 1 atom stereocenters. The van der Waals surface area contributed by atoms with Crippen LogP contribution >= 0.6 is 0 Å². The van der Waals surface area contributed by atoms with E-state index in [1.165, 1.54) is 6.08 Å². The smallest absolute Gasteiger partial charge is 0.279 e. The zero-order chi connectivity index (χ0) is 21.3. The molecule has 2 aliphatic rings. The maximum absolute atomic E-state index is 12.4. The van der Waals surface area contributed by atoms with Crippen LogP contribution in [0.2, 0.25) is 0 Å². The van der Waals surface area contributed by atoms with Crippen molar-refractivity contribution in [3.05, 3.63) is 36.6 Å². The molecule has 1 unspecified atom stereocenters. The number of nitrogens with zero attached hydrogens (tertiary/aromatic N) is 4. The van der Waals surface area contributed by atoms with Crippen molar-refractivity contribution in [2.24, 2.45) is 5.41 Å². The largest absolute Gasteiger partial charge is 0.370 e. The molecule has 2 aromatic rings. The lowest BCUT2D eigenvalue weighted by Gasteiger charge is -2.54. The van der Waals surface area contributed by atoms with E-state index in [-0.39, 0.29) is 5.41 Å². The lowest BCUT2D eigenvalue weighted by atomic mass is 9.75. The van der Waals surface area contributed by atoms with Crippen molar-refractivity contribution < 1.29 is 13.0 Å². The van der Waals surface area contributed by atoms with Crippen LogP contribution < -0.4 is 4.90 Å². The van der Waals surface area contributed by atoms with E-state index in [0.717, 1.165) is 62.0 Å². The molecule has 2 N–H and O–H groups in total. The highest BCUT2D eigenvalue weighted by Gasteiger charge is 2.47. The number of rotatable bonds is 6. The third-order valence-electron chi connectivity index (χ3n) is 5.70. The lowest BCUT2D eigenvalue weighted by Crippen LogP contribution is -2.63. The van der Waals surface area contributed by atoms with Gasteiger partial charge in [-0.15, -0.1) is 0 Å². The summed E-state index contributed by atoms with van der Waals surface area (Å²) in [5.41, 5.74) is 2.05. The second kappa shape index (κ2) is 8.35. The highest BCUT2D eigenvalue weighted by atomic mass is 32.2. The van der Waals surface area contributed by atoms with Crippen LogP contribution in [-0.4, -0.2) is 68.0 Å². The maximum Gasteiger partial charge on any atom is 0.279 e. The molecule has 30 heavy (non-hydrogen) atoms. The SMILES string of the molecule is CS(=O)N1CC2(CCCN(c3cncc(-c4cnc(/C=C\C(=N)C(F)F)[nH]4)c3)C2)C1. The lowest BCUT2D eigenvalue weighted by molar-refractivity contribution is 0.0584. The van der Waals surface area contributed by atoms with Crippen molar-refractivity contribution in [2.75, 3.05) is 37.3 Å². The molecule has 1 spiro atoms. The summed E-state index contributed by atoms with van der Waals surface area (Å²) in [6.45, 7) is 3.60. The number of anilines is 1. The highest BCUT2D eigenvalue weighted by molar-refractivity contribution is 7.81. The van der Waals surface area contributed by atoms with Crippen LogP contribution in [0.4, 0.5) is 14.5 Å². The highest BCUT2D eigenvalue weighted by Crippen LogP contribution is 2.41. The van der Waals surface area contributed by atoms with E-state index < -0.39 is 23.1 Å². The Morgan fingerprint density at radius 2 is 2.13 bits per heavy atom. The molecule has 0 radical (unpaired) electrons. The summed E-state index contributed by atoms with van der Waals surface area (Å²) >= 11 is 0. The van der Waals surface area contributed by atoms with Gasteiger partial charge in [0.15, 0.2) is 0 Å². The monoisotopic (exact) mass is 434 g/mol. The number of nitrogens with one attached hydrogen (secondary N) is 2. The first-order chi connectivity index (χ1) is 14.3. The molecular weight excluding hydrogens is 410 g/mol. The summed E-state index contributed by atoms with van der Waals surface area (Å²) in [6, 6.07) is 2.04. The summed E-state index contributed by atoms with van der Waals surface area (Å²) in [6.07, 6.45) is 8.77. The van der Waals surface area contributed by atoms with Gasteiger partial charge in [0.05, 0.1) is 40.5 Å². The van der Waals surface area contributed by atoms with E-state index in [2.05, 4.69) is 19.9 Å². The fraction of sp³-hybridized carbons (Fsp3) is 0.450. The topological polar surface area (TPSA) is 89.0 Å². The number of imidazole rings is 1. The third kappa shape index (κ3) is 4.34. The summed E-state index contributed by atoms with van der Waals surface area (Å²) in [4.78, 5) is 14.0. The number of allylic oxidation sites excluding steroid dienone is 1. The Hall–Kier alpha value is -2.46. The molecule has 160 valence electrons. The molecule has 0 bridgehead atoms. The van der Waals surface area contributed by atoms with Crippen molar-refractivity contribution in [1.29, 1.82) is 5.41 Å². The van der Waals surface area contributed by atoms with Crippen molar-refractivity contribution in [1.82, 2.24) is 19.3 Å². The molecular formula is C20H24F2N6OS. The Morgan fingerprint density at radius 1 is 1.33 bits per heavy atom. The fourth-order valence-electron chi connectivity index (χ4n) is 4.13. The van der Waals surface area contributed by atoms with Gasteiger partial charge < -0.3 is 9.88 Å².